The van der Waals surface area contributed by atoms with E-state index >= 15 is 0 Å². The van der Waals surface area contributed by atoms with E-state index in [2.05, 4.69) is 5.10 Å². The third-order valence-corrected chi connectivity index (χ3v) is 1.66. The first kappa shape index (κ1) is 7.01. The Morgan fingerprint density at radius 1 is 1.90 bits per heavy atom. The Balaban J connectivity index is 3.32. The van der Waals surface area contributed by atoms with Crippen LogP contribution in [0.3, 0.4) is 0 Å². The Morgan fingerprint density at radius 3 is 2.70 bits per heavy atom. The second-order valence-corrected chi connectivity index (χ2v) is 2.24. The highest BCUT2D eigenvalue weighted by molar-refractivity contribution is 7.71. The predicted octanol–water partition coefficient (Wildman–Crippen LogP) is 0.781. The number of aryl methyl sites for hydroxylation is 1. The number of hydrogen-bond donors (Lipinski definition) is 2. The fraction of sp³-hybridized carbons (Fsp3) is 0.200. The SMILES string of the molecule is Cn1[nH]cc(C(=O)O)c1=S. The average Bonchev–Trinajstić information content (AvgIpc) is 2.14. The molecule has 0 aromatic carbocycles. The van der Waals surface area contributed by atoms with Crippen LogP contribution in [0.4, 0.5) is 0 Å². The van der Waals surface area contributed by atoms with Crippen molar-refractivity contribution in [3.8, 4) is 0 Å². The number of aromatic carboxylic acids is 1. The van der Waals surface area contributed by atoms with Gasteiger partial charge < -0.3 is 10.2 Å². The van der Waals surface area contributed by atoms with E-state index < -0.39 is 5.97 Å². The van der Waals surface area contributed by atoms with E-state index in [-0.39, 0.29) is 5.56 Å². The monoisotopic (exact) mass is 158 g/mol. The van der Waals surface area contributed by atoms with Crippen LogP contribution in [0.2, 0.25) is 0 Å². The van der Waals surface area contributed by atoms with Crippen molar-refractivity contribution in [3.05, 3.63) is 16.4 Å². The van der Waals surface area contributed by atoms with Gasteiger partial charge in [-0.2, -0.15) is 0 Å². The van der Waals surface area contributed by atoms with Gasteiger partial charge in [0.2, 0.25) is 0 Å². The summed E-state index contributed by atoms with van der Waals surface area (Å²) >= 11 is 4.75. The van der Waals surface area contributed by atoms with Gasteiger partial charge >= 0.3 is 5.97 Å². The number of aromatic nitrogens is 2. The minimum Gasteiger partial charge on any atom is -0.478 e. The minimum atomic E-state index is -0.998. The molecule has 1 rings (SSSR count). The van der Waals surface area contributed by atoms with Crippen molar-refractivity contribution in [2.75, 3.05) is 0 Å². The van der Waals surface area contributed by atoms with Crippen molar-refractivity contribution < 1.29 is 9.90 Å². The highest BCUT2D eigenvalue weighted by Crippen LogP contribution is 1.99. The van der Waals surface area contributed by atoms with Crippen LogP contribution in [0, 0.1) is 4.64 Å². The van der Waals surface area contributed by atoms with Crippen LogP contribution in [0.25, 0.3) is 0 Å². The fourth-order valence-electron chi connectivity index (χ4n) is 0.616. The largest absolute Gasteiger partial charge is 0.478 e. The normalized spacial score (nSPS) is 9.70. The maximum Gasteiger partial charge on any atom is 0.340 e. The Labute approximate surface area is 62.1 Å². The molecule has 0 atom stereocenters. The van der Waals surface area contributed by atoms with Gasteiger partial charge in [-0.05, 0) is 0 Å². The third-order valence-electron chi connectivity index (χ3n) is 1.17. The summed E-state index contributed by atoms with van der Waals surface area (Å²) in [5.41, 5.74) is 0.137. The summed E-state index contributed by atoms with van der Waals surface area (Å²) in [5, 5.41) is 11.1. The third kappa shape index (κ3) is 0.950. The first-order chi connectivity index (χ1) is 4.63. The first-order valence-electron chi connectivity index (χ1n) is 2.60. The number of aromatic amines is 1. The quantitative estimate of drug-likeness (QED) is 0.594. The zero-order chi connectivity index (χ0) is 7.72. The molecule has 54 valence electrons. The summed E-state index contributed by atoms with van der Waals surface area (Å²) in [7, 11) is 1.66. The number of hydrogen-bond acceptors (Lipinski definition) is 2. The number of nitrogens with one attached hydrogen (secondary N) is 1. The number of nitrogens with zero attached hydrogens (tertiary/aromatic N) is 1. The van der Waals surface area contributed by atoms with E-state index in [0.717, 1.165) is 0 Å². The van der Waals surface area contributed by atoms with Crippen LogP contribution in [-0.4, -0.2) is 20.9 Å². The number of carbonyl (C=O) groups is 1. The number of carboxylic acid groups (broad SMARTS) is 1. The van der Waals surface area contributed by atoms with E-state index in [1.54, 1.807) is 7.05 Å². The average molecular weight is 158 g/mol. The Hall–Kier alpha value is -1.10. The second kappa shape index (κ2) is 2.26. The molecule has 0 radical (unpaired) electrons. The lowest BCUT2D eigenvalue weighted by Crippen LogP contribution is -1.95. The van der Waals surface area contributed by atoms with Gasteiger partial charge in [-0.1, -0.05) is 12.2 Å². The van der Waals surface area contributed by atoms with Gasteiger partial charge in [0.1, 0.15) is 10.2 Å². The van der Waals surface area contributed by atoms with Crippen molar-refractivity contribution in [1.82, 2.24) is 9.78 Å². The Bertz CT molecular complexity index is 312. The molecule has 0 spiro atoms. The Morgan fingerprint density at radius 2 is 2.50 bits per heavy atom. The molecule has 0 unspecified atom stereocenters. The molecule has 10 heavy (non-hydrogen) atoms. The van der Waals surface area contributed by atoms with Gasteiger partial charge in [0.05, 0.1) is 0 Å². The summed E-state index contributed by atoms with van der Waals surface area (Å²) in [5.74, 6) is -0.998. The molecule has 0 aliphatic carbocycles. The van der Waals surface area contributed by atoms with Crippen LogP contribution in [0.5, 0.6) is 0 Å². The van der Waals surface area contributed by atoms with Crippen LogP contribution in [0.1, 0.15) is 10.4 Å². The lowest BCUT2D eigenvalue weighted by molar-refractivity contribution is 0.0696. The molecule has 1 heterocycles. The standard InChI is InChI=1S/C5H6N2O2S/c1-7-4(10)3(2-6-7)5(8)9/h2,6H,1H3,(H,8,9). The minimum absolute atomic E-state index is 0.137. The van der Waals surface area contributed by atoms with E-state index in [4.69, 9.17) is 17.3 Å². The molecule has 0 amide bonds. The van der Waals surface area contributed by atoms with Crippen molar-refractivity contribution in [2.45, 2.75) is 0 Å². The molecule has 0 aliphatic rings. The van der Waals surface area contributed by atoms with Crippen LogP contribution >= 0.6 is 12.2 Å². The molecule has 1 aromatic rings. The highest BCUT2D eigenvalue weighted by Gasteiger charge is 2.06. The summed E-state index contributed by atoms with van der Waals surface area (Å²) in [6.07, 6.45) is 1.37. The zero-order valence-corrected chi connectivity index (χ0v) is 6.10. The van der Waals surface area contributed by atoms with E-state index in [9.17, 15) is 4.79 Å². The molecule has 2 N–H and O–H groups in total. The lowest BCUT2D eigenvalue weighted by atomic mass is 10.4. The van der Waals surface area contributed by atoms with Gasteiger partial charge in [0.25, 0.3) is 0 Å². The molecule has 0 bridgehead atoms. The summed E-state index contributed by atoms with van der Waals surface area (Å²) in [6, 6.07) is 0. The van der Waals surface area contributed by atoms with Gasteiger partial charge in [-0.15, -0.1) is 0 Å². The van der Waals surface area contributed by atoms with Crippen LogP contribution in [-0.2, 0) is 7.05 Å². The molecule has 5 heteroatoms. The zero-order valence-electron chi connectivity index (χ0n) is 5.29. The summed E-state index contributed by atoms with van der Waals surface area (Å²) in [6.45, 7) is 0. The molecular weight excluding hydrogens is 152 g/mol. The van der Waals surface area contributed by atoms with Gasteiger partial charge in [0.15, 0.2) is 0 Å². The van der Waals surface area contributed by atoms with Crippen molar-refractivity contribution >= 4 is 18.2 Å². The highest BCUT2D eigenvalue weighted by atomic mass is 32.1. The molecule has 4 nitrogen and oxygen atoms in total. The first-order valence-corrected chi connectivity index (χ1v) is 3.01. The van der Waals surface area contributed by atoms with Crippen molar-refractivity contribution in [1.29, 1.82) is 0 Å². The number of H-pyrrole nitrogens is 1. The van der Waals surface area contributed by atoms with E-state index in [0.29, 0.717) is 4.64 Å². The molecule has 0 aliphatic heterocycles. The predicted molar refractivity (Wildman–Crippen MR) is 37.6 cm³/mol. The second-order valence-electron chi connectivity index (χ2n) is 1.86. The molecular formula is C5H6N2O2S. The summed E-state index contributed by atoms with van der Waals surface area (Å²) in [4.78, 5) is 10.3. The Kier molecular flexibility index (Phi) is 1.58. The maximum absolute atomic E-state index is 10.3. The number of rotatable bonds is 1. The topological polar surface area (TPSA) is 58.0 Å². The van der Waals surface area contributed by atoms with Gasteiger partial charge in [-0.3, -0.25) is 4.68 Å². The van der Waals surface area contributed by atoms with E-state index in [1.165, 1.54) is 10.9 Å². The smallest absolute Gasteiger partial charge is 0.340 e. The lowest BCUT2D eigenvalue weighted by Gasteiger charge is -1.85. The van der Waals surface area contributed by atoms with E-state index in [1.807, 2.05) is 0 Å². The molecule has 0 saturated carbocycles. The molecule has 0 fully saturated rings. The van der Waals surface area contributed by atoms with Crippen LogP contribution < -0.4 is 0 Å². The van der Waals surface area contributed by atoms with Crippen molar-refractivity contribution in [2.24, 2.45) is 7.05 Å². The number of carboxylic acids is 1. The molecule has 1 aromatic heterocycles. The van der Waals surface area contributed by atoms with Crippen molar-refractivity contribution in [3.63, 3.8) is 0 Å². The summed E-state index contributed by atoms with van der Waals surface area (Å²) < 4.78 is 1.78. The molecule has 0 saturated heterocycles. The maximum atomic E-state index is 10.3. The van der Waals surface area contributed by atoms with Gasteiger partial charge in [-0.25, -0.2) is 4.79 Å². The van der Waals surface area contributed by atoms with Crippen LogP contribution in [0.15, 0.2) is 6.20 Å². The van der Waals surface area contributed by atoms with Gasteiger partial charge in [0, 0.05) is 13.2 Å². The fourth-order valence-corrected chi connectivity index (χ4v) is 0.815.